The van der Waals surface area contributed by atoms with Crippen LogP contribution >= 0.6 is 0 Å². The molecule has 2 amide bonds. The van der Waals surface area contributed by atoms with Crippen LogP contribution in [0.4, 0.5) is 14.9 Å². The van der Waals surface area contributed by atoms with Gasteiger partial charge in [0.1, 0.15) is 5.82 Å². The Balaban J connectivity index is 1.79. The molecule has 0 fully saturated rings. The zero-order chi connectivity index (χ0) is 18.0. The third-order valence-corrected chi connectivity index (χ3v) is 4.06. The molecule has 2 N–H and O–H groups in total. The highest BCUT2D eigenvalue weighted by atomic mass is 19.1. The van der Waals surface area contributed by atoms with Crippen LogP contribution < -0.4 is 10.9 Å². The third kappa shape index (κ3) is 3.52. The van der Waals surface area contributed by atoms with E-state index in [0.717, 1.165) is 10.9 Å². The first-order valence-corrected chi connectivity index (χ1v) is 7.83. The van der Waals surface area contributed by atoms with Crippen LogP contribution in [0.25, 0.3) is 10.8 Å². The number of hydrogen-bond acceptors (Lipinski definition) is 2. The molecule has 0 saturated carbocycles. The Labute approximate surface area is 144 Å². The molecule has 0 bridgehead atoms. The van der Waals surface area contributed by atoms with Crippen molar-refractivity contribution < 1.29 is 9.18 Å². The number of pyridine rings is 1. The number of aryl methyl sites for hydroxylation is 1. The molecule has 0 atom stereocenters. The van der Waals surface area contributed by atoms with Gasteiger partial charge in [-0.25, -0.2) is 9.18 Å². The molecular weight excluding hydrogens is 321 g/mol. The van der Waals surface area contributed by atoms with Gasteiger partial charge in [-0.2, -0.15) is 0 Å². The Morgan fingerprint density at radius 2 is 1.92 bits per heavy atom. The van der Waals surface area contributed by atoms with Gasteiger partial charge in [-0.05, 0) is 47.7 Å². The van der Waals surface area contributed by atoms with Crippen molar-refractivity contribution in [1.29, 1.82) is 0 Å². The smallest absolute Gasteiger partial charge is 0.321 e. The van der Waals surface area contributed by atoms with Gasteiger partial charge in [-0.3, -0.25) is 4.79 Å². The van der Waals surface area contributed by atoms with Gasteiger partial charge in [0.15, 0.2) is 0 Å². The number of hydrogen-bond donors (Lipinski definition) is 2. The second kappa shape index (κ2) is 6.76. The van der Waals surface area contributed by atoms with Crippen molar-refractivity contribution in [2.75, 3.05) is 12.4 Å². The SMILES string of the molecule is Cc1cc(NC(=O)N(C)Cc2c[nH]c(=O)c3ccccc23)ccc1F. The number of nitrogens with one attached hydrogen (secondary N) is 2. The molecule has 0 saturated heterocycles. The first kappa shape index (κ1) is 16.7. The van der Waals surface area contributed by atoms with E-state index in [1.807, 2.05) is 12.1 Å². The minimum atomic E-state index is -0.318. The maximum Gasteiger partial charge on any atom is 0.321 e. The Kier molecular flexibility index (Phi) is 4.52. The largest absolute Gasteiger partial charge is 0.328 e. The highest BCUT2D eigenvalue weighted by molar-refractivity contribution is 5.90. The molecule has 6 heteroatoms. The molecule has 0 aliphatic heterocycles. The summed E-state index contributed by atoms with van der Waals surface area (Å²) in [4.78, 5) is 28.4. The lowest BCUT2D eigenvalue weighted by molar-refractivity contribution is 0.221. The average molecular weight is 339 g/mol. The van der Waals surface area contributed by atoms with Crippen molar-refractivity contribution in [3.8, 4) is 0 Å². The quantitative estimate of drug-likeness (QED) is 0.765. The number of anilines is 1. The summed E-state index contributed by atoms with van der Waals surface area (Å²) < 4.78 is 13.3. The Hall–Kier alpha value is -3.15. The summed E-state index contributed by atoms with van der Waals surface area (Å²) in [5.41, 5.74) is 1.67. The predicted octanol–water partition coefficient (Wildman–Crippen LogP) is 3.64. The molecule has 1 heterocycles. The summed E-state index contributed by atoms with van der Waals surface area (Å²) in [6.07, 6.45) is 1.62. The number of nitrogens with zero attached hydrogens (tertiary/aromatic N) is 1. The van der Waals surface area contributed by atoms with Gasteiger partial charge in [0.25, 0.3) is 5.56 Å². The van der Waals surface area contributed by atoms with Crippen molar-refractivity contribution in [3.63, 3.8) is 0 Å². The number of carbonyl (C=O) groups is 1. The molecule has 0 aliphatic rings. The molecule has 25 heavy (non-hydrogen) atoms. The fourth-order valence-corrected chi connectivity index (χ4v) is 2.67. The lowest BCUT2D eigenvalue weighted by Crippen LogP contribution is -2.31. The number of aromatic nitrogens is 1. The van der Waals surface area contributed by atoms with Gasteiger partial charge < -0.3 is 15.2 Å². The average Bonchev–Trinajstić information content (AvgIpc) is 2.60. The van der Waals surface area contributed by atoms with E-state index < -0.39 is 0 Å². The normalized spacial score (nSPS) is 10.7. The minimum absolute atomic E-state index is 0.159. The van der Waals surface area contributed by atoms with Crippen LogP contribution in [-0.2, 0) is 6.54 Å². The fourth-order valence-electron chi connectivity index (χ4n) is 2.67. The van der Waals surface area contributed by atoms with Crippen molar-refractivity contribution in [2.24, 2.45) is 0 Å². The van der Waals surface area contributed by atoms with E-state index >= 15 is 0 Å². The highest BCUT2D eigenvalue weighted by Gasteiger charge is 2.12. The van der Waals surface area contributed by atoms with Gasteiger partial charge in [-0.1, -0.05) is 18.2 Å². The first-order valence-electron chi connectivity index (χ1n) is 7.83. The number of rotatable bonds is 3. The van der Waals surface area contributed by atoms with Crippen molar-refractivity contribution in [1.82, 2.24) is 9.88 Å². The summed E-state index contributed by atoms with van der Waals surface area (Å²) in [5, 5.41) is 4.13. The maximum absolute atomic E-state index is 13.3. The second-order valence-electron chi connectivity index (χ2n) is 5.94. The van der Waals surface area contributed by atoms with Crippen LogP contribution in [0.1, 0.15) is 11.1 Å². The molecule has 128 valence electrons. The molecule has 0 unspecified atom stereocenters. The number of benzene rings is 2. The summed E-state index contributed by atoms with van der Waals surface area (Å²) in [7, 11) is 1.66. The molecule has 3 rings (SSSR count). The molecule has 3 aromatic rings. The van der Waals surface area contributed by atoms with Crippen LogP contribution in [0.3, 0.4) is 0 Å². The number of fused-ring (bicyclic) bond motifs is 1. The standard InChI is InChI=1S/C19H18FN3O2/c1-12-9-14(7-8-17(12)20)22-19(25)23(2)11-13-10-21-18(24)16-6-4-3-5-15(13)16/h3-10H,11H2,1-2H3,(H,21,24)(H,22,25). The van der Waals surface area contributed by atoms with Crippen LogP contribution in [0.2, 0.25) is 0 Å². The minimum Gasteiger partial charge on any atom is -0.328 e. The second-order valence-corrected chi connectivity index (χ2v) is 5.94. The van der Waals surface area contributed by atoms with E-state index in [1.165, 1.54) is 17.0 Å². The molecule has 1 aromatic heterocycles. The van der Waals surface area contributed by atoms with Crippen molar-refractivity contribution in [3.05, 3.63) is 76.0 Å². The summed E-state index contributed by atoms with van der Waals surface area (Å²) in [6, 6.07) is 11.4. The summed E-state index contributed by atoms with van der Waals surface area (Å²) in [6.45, 7) is 1.96. The molecule has 0 radical (unpaired) electrons. The summed E-state index contributed by atoms with van der Waals surface area (Å²) >= 11 is 0. The van der Waals surface area contributed by atoms with Gasteiger partial charge in [0.05, 0.1) is 0 Å². The van der Waals surface area contributed by atoms with Gasteiger partial charge in [0, 0.05) is 30.9 Å². The molecule has 5 nitrogen and oxygen atoms in total. The predicted molar refractivity (Wildman–Crippen MR) is 96.2 cm³/mol. The first-order chi connectivity index (χ1) is 12.0. The number of carbonyl (C=O) groups excluding carboxylic acids is 1. The molecule has 2 aromatic carbocycles. The number of aromatic amines is 1. The van der Waals surface area contributed by atoms with E-state index in [9.17, 15) is 14.0 Å². The van der Waals surface area contributed by atoms with Crippen molar-refractivity contribution >= 4 is 22.5 Å². The van der Waals surface area contributed by atoms with Gasteiger partial charge >= 0.3 is 6.03 Å². The topological polar surface area (TPSA) is 65.2 Å². The van der Waals surface area contributed by atoms with Crippen LogP contribution in [0.15, 0.2) is 53.5 Å². The van der Waals surface area contributed by atoms with E-state index in [0.29, 0.717) is 23.2 Å². The number of amides is 2. The fraction of sp³-hybridized carbons (Fsp3) is 0.158. The molecular formula is C19H18FN3O2. The van der Waals surface area contributed by atoms with Crippen LogP contribution in [0, 0.1) is 12.7 Å². The van der Waals surface area contributed by atoms with Crippen LogP contribution in [-0.4, -0.2) is 23.0 Å². The lowest BCUT2D eigenvalue weighted by atomic mass is 10.1. The number of urea groups is 1. The van der Waals surface area contributed by atoms with E-state index in [-0.39, 0.29) is 17.4 Å². The summed E-state index contributed by atoms with van der Waals surface area (Å²) in [5.74, 6) is -0.314. The van der Waals surface area contributed by atoms with E-state index in [2.05, 4.69) is 10.3 Å². The van der Waals surface area contributed by atoms with Gasteiger partial charge in [0.2, 0.25) is 0 Å². The highest BCUT2D eigenvalue weighted by Crippen LogP contribution is 2.17. The van der Waals surface area contributed by atoms with Crippen LogP contribution in [0.5, 0.6) is 0 Å². The third-order valence-electron chi connectivity index (χ3n) is 4.06. The Morgan fingerprint density at radius 1 is 1.20 bits per heavy atom. The van der Waals surface area contributed by atoms with E-state index in [1.54, 1.807) is 38.4 Å². The zero-order valence-corrected chi connectivity index (χ0v) is 14.0. The van der Waals surface area contributed by atoms with E-state index in [4.69, 9.17) is 0 Å². The monoisotopic (exact) mass is 339 g/mol. The molecule has 0 spiro atoms. The zero-order valence-electron chi connectivity index (χ0n) is 14.0. The molecule has 0 aliphatic carbocycles. The Bertz CT molecular complexity index is 997. The Morgan fingerprint density at radius 3 is 2.64 bits per heavy atom. The van der Waals surface area contributed by atoms with Gasteiger partial charge in [-0.15, -0.1) is 0 Å². The van der Waals surface area contributed by atoms with Crippen molar-refractivity contribution in [2.45, 2.75) is 13.5 Å². The number of halogens is 1. The maximum atomic E-state index is 13.3. The lowest BCUT2D eigenvalue weighted by Gasteiger charge is -2.19. The number of H-pyrrole nitrogens is 1.